The number of rotatable bonds is 0. The average molecular weight is 144 g/mol. The summed E-state index contributed by atoms with van der Waals surface area (Å²) in [4.78, 5) is 0. The monoisotopic (exact) mass is 144 g/mol. The van der Waals surface area contributed by atoms with E-state index in [0.717, 1.165) is 0 Å². The van der Waals surface area contributed by atoms with E-state index in [1.54, 1.807) is 0 Å². The Morgan fingerprint density at radius 3 is 2.50 bits per heavy atom. The van der Waals surface area contributed by atoms with Gasteiger partial charge in [0.25, 0.3) is 0 Å². The molecule has 1 rings (SSSR count). The van der Waals surface area contributed by atoms with E-state index in [1.807, 2.05) is 0 Å². The minimum absolute atomic E-state index is 0.0780. The van der Waals surface area contributed by atoms with E-state index >= 15 is 0 Å². The van der Waals surface area contributed by atoms with Crippen molar-refractivity contribution < 1.29 is 10.2 Å². The highest BCUT2D eigenvalue weighted by Gasteiger charge is 2.23. The number of nitrogens with two attached hydrogens (primary N) is 2. The molecule has 0 aromatic rings. The SMILES string of the molecule is NC1=C(O)C[C@@H](O)[C@H](N)C1. The van der Waals surface area contributed by atoms with Crippen molar-refractivity contribution >= 4 is 0 Å². The fourth-order valence-corrected chi connectivity index (χ4v) is 0.988. The largest absolute Gasteiger partial charge is 0.510 e. The Balaban J connectivity index is 2.69. The molecular formula is C6H12N2O2. The molecule has 4 heteroatoms. The minimum atomic E-state index is -0.646. The lowest BCUT2D eigenvalue weighted by Crippen LogP contribution is -2.39. The van der Waals surface area contributed by atoms with Gasteiger partial charge in [-0.1, -0.05) is 0 Å². The maximum absolute atomic E-state index is 9.09. The first-order valence-corrected chi connectivity index (χ1v) is 3.21. The van der Waals surface area contributed by atoms with Gasteiger partial charge in [0.1, 0.15) is 5.76 Å². The highest BCUT2D eigenvalue weighted by atomic mass is 16.3. The van der Waals surface area contributed by atoms with Crippen LogP contribution in [0.2, 0.25) is 0 Å². The van der Waals surface area contributed by atoms with E-state index in [9.17, 15) is 0 Å². The zero-order valence-electron chi connectivity index (χ0n) is 5.62. The Hall–Kier alpha value is -0.740. The van der Waals surface area contributed by atoms with Crippen LogP contribution in [0.25, 0.3) is 0 Å². The molecule has 58 valence electrons. The van der Waals surface area contributed by atoms with Gasteiger partial charge in [-0.2, -0.15) is 0 Å². The summed E-state index contributed by atoms with van der Waals surface area (Å²) in [6.45, 7) is 0. The summed E-state index contributed by atoms with van der Waals surface area (Å²) in [5.41, 5.74) is 11.2. The van der Waals surface area contributed by atoms with Crippen LogP contribution < -0.4 is 11.5 Å². The van der Waals surface area contributed by atoms with Crippen LogP contribution in [0.1, 0.15) is 12.8 Å². The molecule has 1 aliphatic carbocycles. The Bertz CT molecular complexity index is 149. The molecule has 0 saturated carbocycles. The zero-order valence-corrected chi connectivity index (χ0v) is 5.62. The maximum atomic E-state index is 9.09. The molecule has 10 heavy (non-hydrogen) atoms. The van der Waals surface area contributed by atoms with Gasteiger partial charge in [0.2, 0.25) is 0 Å². The third kappa shape index (κ3) is 1.22. The molecule has 0 spiro atoms. The van der Waals surface area contributed by atoms with Gasteiger partial charge in [-0.3, -0.25) is 0 Å². The standard InChI is InChI=1S/C6H12N2O2/c7-3-1-4(8)6(10)2-5(3)9/h3,5,9-10H,1-2,7-8H2/t3-,5-/m1/s1. The fraction of sp³-hybridized carbons (Fsp3) is 0.667. The van der Waals surface area contributed by atoms with Crippen LogP contribution in [-0.4, -0.2) is 22.4 Å². The molecule has 2 atom stereocenters. The lowest BCUT2D eigenvalue weighted by Gasteiger charge is -2.24. The summed E-state index contributed by atoms with van der Waals surface area (Å²) in [6.07, 6.45) is -0.0766. The molecular weight excluding hydrogens is 132 g/mol. The van der Waals surface area contributed by atoms with Crippen LogP contribution >= 0.6 is 0 Å². The normalized spacial score (nSPS) is 34.6. The quantitative estimate of drug-likeness (QED) is 0.358. The van der Waals surface area contributed by atoms with Crippen molar-refractivity contribution in [2.24, 2.45) is 11.5 Å². The van der Waals surface area contributed by atoms with Crippen molar-refractivity contribution in [3.63, 3.8) is 0 Å². The Morgan fingerprint density at radius 1 is 1.40 bits per heavy atom. The van der Waals surface area contributed by atoms with E-state index in [4.69, 9.17) is 21.7 Å². The van der Waals surface area contributed by atoms with Gasteiger partial charge in [-0.25, -0.2) is 0 Å². The van der Waals surface area contributed by atoms with Crippen LogP contribution in [0, 0.1) is 0 Å². The number of aliphatic hydroxyl groups excluding tert-OH is 2. The summed E-state index contributed by atoms with van der Waals surface area (Å²) in [5.74, 6) is 0.0780. The van der Waals surface area contributed by atoms with E-state index in [-0.39, 0.29) is 18.2 Å². The lowest BCUT2D eigenvalue weighted by atomic mass is 9.96. The highest BCUT2D eigenvalue weighted by Crippen LogP contribution is 2.18. The second-order valence-corrected chi connectivity index (χ2v) is 2.61. The smallest absolute Gasteiger partial charge is 0.114 e. The first-order valence-electron chi connectivity index (χ1n) is 3.21. The second kappa shape index (κ2) is 2.48. The average Bonchev–Trinajstić information content (AvgIpc) is 1.84. The van der Waals surface area contributed by atoms with Gasteiger partial charge in [-0.15, -0.1) is 0 Å². The predicted molar refractivity (Wildman–Crippen MR) is 37.1 cm³/mol. The van der Waals surface area contributed by atoms with Crippen molar-refractivity contribution in [3.8, 4) is 0 Å². The van der Waals surface area contributed by atoms with Gasteiger partial charge < -0.3 is 21.7 Å². The van der Waals surface area contributed by atoms with Gasteiger partial charge in [0, 0.05) is 24.6 Å². The van der Waals surface area contributed by atoms with Gasteiger partial charge in [-0.05, 0) is 0 Å². The van der Waals surface area contributed by atoms with Gasteiger partial charge in [0.15, 0.2) is 0 Å². The molecule has 0 aliphatic heterocycles. The minimum Gasteiger partial charge on any atom is -0.510 e. The molecule has 0 aromatic heterocycles. The van der Waals surface area contributed by atoms with Crippen molar-refractivity contribution in [1.82, 2.24) is 0 Å². The van der Waals surface area contributed by atoms with Gasteiger partial charge in [0.05, 0.1) is 6.10 Å². The molecule has 0 fully saturated rings. The first-order chi connectivity index (χ1) is 4.61. The molecule has 0 saturated heterocycles. The Morgan fingerprint density at radius 2 is 2.00 bits per heavy atom. The second-order valence-electron chi connectivity index (χ2n) is 2.61. The molecule has 0 bridgehead atoms. The zero-order chi connectivity index (χ0) is 7.72. The summed E-state index contributed by atoms with van der Waals surface area (Å²) in [5, 5.41) is 18.1. The third-order valence-corrected chi connectivity index (χ3v) is 1.72. The Kier molecular flexibility index (Phi) is 1.82. The van der Waals surface area contributed by atoms with Crippen LogP contribution in [0.4, 0.5) is 0 Å². The van der Waals surface area contributed by atoms with Crippen LogP contribution in [0.3, 0.4) is 0 Å². The van der Waals surface area contributed by atoms with Gasteiger partial charge >= 0.3 is 0 Å². The van der Waals surface area contributed by atoms with Crippen molar-refractivity contribution in [2.75, 3.05) is 0 Å². The predicted octanol–water partition coefficient (Wildman–Crippen LogP) is -0.803. The summed E-state index contributed by atoms with van der Waals surface area (Å²) in [6, 6.07) is -0.323. The first kappa shape index (κ1) is 7.37. The van der Waals surface area contributed by atoms with Crippen molar-refractivity contribution in [2.45, 2.75) is 25.0 Å². The topological polar surface area (TPSA) is 92.5 Å². The van der Waals surface area contributed by atoms with E-state index in [2.05, 4.69) is 0 Å². The number of hydrogen-bond donors (Lipinski definition) is 4. The highest BCUT2D eigenvalue weighted by molar-refractivity contribution is 5.11. The van der Waals surface area contributed by atoms with E-state index < -0.39 is 6.10 Å². The summed E-state index contributed by atoms with van der Waals surface area (Å²) in [7, 11) is 0. The van der Waals surface area contributed by atoms with Crippen LogP contribution in [-0.2, 0) is 0 Å². The van der Waals surface area contributed by atoms with E-state index in [0.29, 0.717) is 12.1 Å². The summed E-state index contributed by atoms with van der Waals surface area (Å²) >= 11 is 0. The molecule has 0 aromatic carbocycles. The lowest BCUT2D eigenvalue weighted by molar-refractivity contribution is 0.118. The molecule has 0 unspecified atom stereocenters. The third-order valence-electron chi connectivity index (χ3n) is 1.72. The molecule has 0 radical (unpaired) electrons. The molecule has 1 aliphatic rings. The fourth-order valence-electron chi connectivity index (χ4n) is 0.988. The molecule has 4 nitrogen and oxygen atoms in total. The molecule has 0 amide bonds. The van der Waals surface area contributed by atoms with Crippen molar-refractivity contribution in [1.29, 1.82) is 0 Å². The number of aliphatic hydroxyl groups is 2. The number of hydrogen-bond acceptors (Lipinski definition) is 4. The molecule has 0 heterocycles. The maximum Gasteiger partial charge on any atom is 0.114 e. The van der Waals surface area contributed by atoms with Crippen molar-refractivity contribution in [3.05, 3.63) is 11.5 Å². The van der Waals surface area contributed by atoms with Crippen LogP contribution in [0.5, 0.6) is 0 Å². The molecule has 6 N–H and O–H groups in total. The van der Waals surface area contributed by atoms with E-state index in [1.165, 1.54) is 0 Å². The Labute approximate surface area is 59.1 Å². The van der Waals surface area contributed by atoms with Crippen LogP contribution in [0.15, 0.2) is 11.5 Å². The summed E-state index contributed by atoms with van der Waals surface area (Å²) < 4.78 is 0.